The van der Waals surface area contributed by atoms with E-state index in [-0.39, 0.29) is 5.91 Å². The van der Waals surface area contributed by atoms with Gasteiger partial charge in [-0.05, 0) is 36.5 Å². The molecule has 1 N–H and O–H groups in total. The number of amides is 1. The van der Waals surface area contributed by atoms with Crippen LogP contribution in [-0.2, 0) is 23.3 Å². The third-order valence-corrected chi connectivity index (χ3v) is 5.08. The lowest BCUT2D eigenvalue weighted by Gasteiger charge is -2.40. The molecular formula is C19H24ClN3O. The lowest BCUT2D eigenvalue weighted by Crippen LogP contribution is -2.49. The normalized spacial score (nSPS) is 16.0. The second-order valence-electron chi connectivity index (χ2n) is 7.06. The number of rotatable bonds is 6. The Kier molecular flexibility index (Phi) is 4.95. The van der Waals surface area contributed by atoms with Gasteiger partial charge in [-0.25, -0.2) is 4.98 Å². The summed E-state index contributed by atoms with van der Waals surface area (Å²) in [6.07, 6.45) is 6.54. The minimum absolute atomic E-state index is 0.105. The fourth-order valence-electron chi connectivity index (χ4n) is 3.34. The number of halogens is 1. The van der Waals surface area contributed by atoms with Crippen LogP contribution in [0.25, 0.3) is 0 Å². The lowest BCUT2D eigenvalue weighted by atomic mass is 9.64. The van der Waals surface area contributed by atoms with E-state index in [0.717, 1.165) is 37.1 Å². The van der Waals surface area contributed by atoms with Gasteiger partial charge < -0.3 is 9.88 Å². The van der Waals surface area contributed by atoms with Gasteiger partial charge in [-0.2, -0.15) is 0 Å². The molecular weight excluding hydrogens is 322 g/mol. The Morgan fingerprint density at radius 1 is 1.33 bits per heavy atom. The number of hydrogen-bond acceptors (Lipinski definition) is 2. The zero-order chi connectivity index (χ0) is 17.2. The summed E-state index contributed by atoms with van der Waals surface area (Å²) in [4.78, 5) is 17.1. The van der Waals surface area contributed by atoms with Gasteiger partial charge in [-0.15, -0.1) is 0 Å². The third kappa shape index (κ3) is 3.34. The minimum atomic E-state index is -0.395. The van der Waals surface area contributed by atoms with E-state index in [1.165, 1.54) is 0 Å². The van der Waals surface area contributed by atoms with Crippen LogP contribution < -0.4 is 5.32 Å². The fourth-order valence-corrected chi connectivity index (χ4v) is 3.47. The van der Waals surface area contributed by atoms with Gasteiger partial charge in [0, 0.05) is 17.8 Å². The van der Waals surface area contributed by atoms with Crippen molar-refractivity contribution in [2.45, 2.75) is 51.6 Å². The van der Waals surface area contributed by atoms with Crippen LogP contribution in [0, 0.1) is 5.92 Å². The van der Waals surface area contributed by atoms with Crippen LogP contribution in [0.4, 0.5) is 0 Å². The molecule has 0 radical (unpaired) electrons. The molecule has 1 aromatic carbocycles. The Bertz CT molecular complexity index is 702. The van der Waals surface area contributed by atoms with Gasteiger partial charge in [-0.3, -0.25) is 4.79 Å². The maximum absolute atomic E-state index is 12.9. The predicted molar refractivity (Wildman–Crippen MR) is 95.9 cm³/mol. The van der Waals surface area contributed by atoms with Crippen LogP contribution in [-0.4, -0.2) is 15.5 Å². The van der Waals surface area contributed by atoms with Crippen LogP contribution in [0.1, 0.15) is 44.4 Å². The van der Waals surface area contributed by atoms with Crippen LogP contribution >= 0.6 is 11.6 Å². The van der Waals surface area contributed by atoms with Crippen molar-refractivity contribution in [3.63, 3.8) is 0 Å². The van der Waals surface area contributed by atoms with Crippen LogP contribution in [0.3, 0.4) is 0 Å². The maximum atomic E-state index is 12.9. The molecule has 5 heteroatoms. The Balaban J connectivity index is 1.70. The Hall–Kier alpha value is -1.81. The van der Waals surface area contributed by atoms with Gasteiger partial charge in [0.05, 0.1) is 24.0 Å². The van der Waals surface area contributed by atoms with Gasteiger partial charge in [0.15, 0.2) is 0 Å². The van der Waals surface area contributed by atoms with E-state index in [1.807, 2.05) is 36.8 Å². The number of nitrogens with zero attached hydrogens (tertiary/aromatic N) is 2. The first-order chi connectivity index (χ1) is 11.5. The van der Waals surface area contributed by atoms with Crippen LogP contribution in [0.15, 0.2) is 36.8 Å². The van der Waals surface area contributed by atoms with E-state index in [0.29, 0.717) is 17.5 Å². The zero-order valence-electron chi connectivity index (χ0n) is 14.3. The monoisotopic (exact) mass is 345 g/mol. The summed E-state index contributed by atoms with van der Waals surface area (Å²) < 4.78 is 2.11. The van der Waals surface area contributed by atoms with Gasteiger partial charge in [0.25, 0.3) is 0 Å². The Morgan fingerprint density at radius 3 is 2.62 bits per heavy atom. The molecule has 24 heavy (non-hydrogen) atoms. The van der Waals surface area contributed by atoms with Crippen molar-refractivity contribution in [1.82, 2.24) is 14.9 Å². The number of imidazole rings is 1. The number of hydrogen-bond donors (Lipinski definition) is 1. The number of carbonyl (C=O) groups excluding carboxylic acids is 1. The van der Waals surface area contributed by atoms with Crippen molar-refractivity contribution >= 4 is 17.5 Å². The lowest BCUT2D eigenvalue weighted by molar-refractivity contribution is -0.130. The van der Waals surface area contributed by atoms with E-state index in [2.05, 4.69) is 28.7 Å². The van der Waals surface area contributed by atoms with Crippen molar-refractivity contribution < 1.29 is 4.79 Å². The predicted octanol–water partition coefficient (Wildman–Crippen LogP) is 3.93. The molecule has 2 aromatic rings. The topological polar surface area (TPSA) is 46.9 Å². The van der Waals surface area contributed by atoms with Crippen molar-refractivity contribution in [2.24, 2.45) is 5.92 Å². The van der Waals surface area contributed by atoms with Crippen LogP contribution in [0.5, 0.6) is 0 Å². The third-order valence-electron chi connectivity index (χ3n) is 4.83. The first-order valence-corrected chi connectivity index (χ1v) is 8.92. The average molecular weight is 346 g/mol. The SMILES string of the molecule is CC(C)Cn1cncc1CNC(=O)C1(c2ccc(Cl)cc2)CCC1. The second kappa shape index (κ2) is 6.98. The van der Waals surface area contributed by atoms with E-state index >= 15 is 0 Å². The summed E-state index contributed by atoms with van der Waals surface area (Å²) in [5, 5.41) is 3.82. The molecule has 1 aliphatic rings. The summed E-state index contributed by atoms with van der Waals surface area (Å²) in [7, 11) is 0. The van der Waals surface area contributed by atoms with E-state index in [1.54, 1.807) is 0 Å². The van der Waals surface area contributed by atoms with Gasteiger partial charge >= 0.3 is 0 Å². The van der Waals surface area contributed by atoms with Gasteiger partial charge in [-0.1, -0.05) is 44.0 Å². The molecule has 0 atom stereocenters. The van der Waals surface area contributed by atoms with E-state index in [9.17, 15) is 4.79 Å². The highest BCUT2D eigenvalue weighted by atomic mass is 35.5. The smallest absolute Gasteiger partial charge is 0.230 e. The summed E-state index contributed by atoms with van der Waals surface area (Å²) in [5.74, 6) is 0.647. The molecule has 0 spiro atoms. The van der Waals surface area contributed by atoms with Crippen molar-refractivity contribution in [3.8, 4) is 0 Å². The molecule has 1 saturated carbocycles. The molecule has 0 aliphatic heterocycles. The number of aromatic nitrogens is 2. The standard InChI is InChI=1S/C19H24ClN3O/c1-14(2)12-23-13-21-10-17(23)11-22-18(24)19(8-3-9-19)15-4-6-16(20)7-5-15/h4-7,10,13-14H,3,8-9,11-12H2,1-2H3,(H,22,24). The molecule has 3 rings (SSSR count). The average Bonchev–Trinajstić information content (AvgIpc) is 2.92. The van der Waals surface area contributed by atoms with Crippen LogP contribution in [0.2, 0.25) is 5.02 Å². The fraction of sp³-hybridized carbons (Fsp3) is 0.474. The highest BCUT2D eigenvalue weighted by Crippen LogP contribution is 2.44. The van der Waals surface area contributed by atoms with Crippen molar-refractivity contribution in [2.75, 3.05) is 0 Å². The Morgan fingerprint density at radius 2 is 2.04 bits per heavy atom. The number of benzene rings is 1. The molecule has 1 amide bonds. The maximum Gasteiger partial charge on any atom is 0.230 e. The van der Waals surface area contributed by atoms with Crippen molar-refractivity contribution in [1.29, 1.82) is 0 Å². The highest BCUT2D eigenvalue weighted by Gasteiger charge is 2.45. The van der Waals surface area contributed by atoms with Gasteiger partial charge in [0.2, 0.25) is 5.91 Å². The molecule has 0 saturated heterocycles. The minimum Gasteiger partial charge on any atom is -0.350 e. The highest BCUT2D eigenvalue weighted by molar-refractivity contribution is 6.30. The molecule has 1 aromatic heterocycles. The molecule has 1 fully saturated rings. The Labute approximate surface area is 148 Å². The molecule has 0 bridgehead atoms. The van der Waals surface area contributed by atoms with Crippen molar-refractivity contribution in [3.05, 3.63) is 53.1 Å². The van der Waals surface area contributed by atoms with Gasteiger partial charge in [0.1, 0.15) is 0 Å². The first kappa shape index (κ1) is 17.0. The summed E-state index contributed by atoms with van der Waals surface area (Å²) >= 11 is 5.98. The van der Waals surface area contributed by atoms with E-state index in [4.69, 9.17) is 11.6 Å². The zero-order valence-corrected chi connectivity index (χ0v) is 15.0. The second-order valence-corrected chi connectivity index (χ2v) is 7.49. The summed E-state index contributed by atoms with van der Waals surface area (Å²) in [6.45, 7) is 5.77. The molecule has 0 unspecified atom stereocenters. The molecule has 1 heterocycles. The molecule has 1 aliphatic carbocycles. The first-order valence-electron chi connectivity index (χ1n) is 8.54. The largest absolute Gasteiger partial charge is 0.350 e. The number of nitrogens with one attached hydrogen (secondary N) is 1. The van der Waals surface area contributed by atoms with E-state index < -0.39 is 5.41 Å². The molecule has 4 nitrogen and oxygen atoms in total. The molecule has 128 valence electrons. The quantitative estimate of drug-likeness (QED) is 0.862. The number of carbonyl (C=O) groups is 1. The summed E-state index contributed by atoms with van der Waals surface area (Å²) in [6, 6.07) is 7.68. The summed E-state index contributed by atoms with van der Waals surface area (Å²) in [5.41, 5.74) is 1.71.